The van der Waals surface area contributed by atoms with Crippen molar-refractivity contribution < 1.29 is 27.2 Å². The second kappa shape index (κ2) is 3.76. The first kappa shape index (κ1) is 11.4. The zero-order valence-corrected chi connectivity index (χ0v) is 8.54. The first-order chi connectivity index (χ1) is 7.95. The van der Waals surface area contributed by atoms with Crippen LogP contribution in [0.3, 0.4) is 0 Å². The number of fused-ring (bicyclic) bond motifs is 1. The third kappa shape index (κ3) is 1.83. The lowest BCUT2D eigenvalue weighted by Gasteiger charge is -2.01. The molecule has 0 saturated carbocycles. The summed E-state index contributed by atoms with van der Waals surface area (Å²) >= 11 is 0. The Labute approximate surface area is 92.9 Å². The van der Waals surface area contributed by atoms with Crippen LogP contribution in [0.1, 0.15) is 16.1 Å². The molecule has 4 nitrogen and oxygen atoms in total. The van der Waals surface area contributed by atoms with Crippen LogP contribution in [0, 0.1) is 0 Å². The van der Waals surface area contributed by atoms with Gasteiger partial charge in [0, 0.05) is 0 Å². The van der Waals surface area contributed by atoms with Crippen molar-refractivity contribution >= 4 is 16.9 Å². The summed E-state index contributed by atoms with van der Waals surface area (Å²) in [6.45, 7) is 0. The summed E-state index contributed by atoms with van der Waals surface area (Å²) < 4.78 is 46.6. The van der Waals surface area contributed by atoms with Crippen LogP contribution in [0.15, 0.2) is 22.7 Å². The van der Waals surface area contributed by atoms with Gasteiger partial charge in [0.2, 0.25) is 0 Å². The topological polar surface area (TPSA) is 52.3 Å². The molecule has 7 heteroatoms. The van der Waals surface area contributed by atoms with Gasteiger partial charge in [-0.15, -0.1) is 0 Å². The van der Waals surface area contributed by atoms with E-state index in [1.807, 2.05) is 0 Å². The average molecular weight is 245 g/mol. The first-order valence-corrected chi connectivity index (χ1v) is 4.49. The van der Waals surface area contributed by atoms with E-state index in [0.29, 0.717) is 0 Å². The molecule has 0 radical (unpaired) electrons. The van der Waals surface area contributed by atoms with Gasteiger partial charge in [-0.2, -0.15) is 13.2 Å². The molecule has 0 amide bonds. The van der Waals surface area contributed by atoms with Gasteiger partial charge in [0.1, 0.15) is 5.56 Å². The molecule has 2 aromatic rings. The monoisotopic (exact) mass is 245 g/mol. The Balaban J connectivity index is 2.69. The molecule has 90 valence electrons. The molecule has 0 bridgehead atoms. The van der Waals surface area contributed by atoms with E-state index in [1.54, 1.807) is 0 Å². The lowest BCUT2D eigenvalue weighted by atomic mass is 10.1. The van der Waals surface area contributed by atoms with Crippen LogP contribution < -0.4 is 0 Å². The highest BCUT2D eigenvalue weighted by Gasteiger charge is 2.37. The van der Waals surface area contributed by atoms with Crippen molar-refractivity contribution in [2.75, 3.05) is 7.11 Å². The zero-order chi connectivity index (χ0) is 12.6. The average Bonchev–Trinajstić information content (AvgIpc) is 2.70. The molecule has 0 aliphatic heterocycles. The second-order valence-electron chi connectivity index (χ2n) is 3.20. The maximum atomic E-state index is 12.5. The molecule has 17 heavy (non-hydrogen) atoms. The highest BCUT2D eigenvalue weighted by atomic mass is 19.4. The summed E-state index contributed by atoms with van der Waals surface area (Å²) in [7, 11) is 1.13. The van der Waals surface area contributed by atoms with Gasteiger partial charge in [-0.3, -0.25) is 0 Å². The fourth-order valence-corrected chi connectivity index (χ4v) is 1.44. The number of benzene rings is 1. The van der Waals surface area contributed by atoms with Crippen molar-refractivity contribution in [3.05, 3.63) is 29.5 Å². The highest BCUT2D eigenvalue weighted by Crippen LogP contribution is 2.35. The van der Waals surface area contributed by atoms with Crippen LogP contribution in [-0.4, -0.2) is 18.2 Å². The van der Waals surface area contributed by atoms with E-state index in [0.717, 1.165) is 7.11 Å². The van der Waals surface area contributed by atoms with E-state index >= 15 is 0 Å². The third-order valence-corrected chi connectivity index (χ3v) is 2.17. The fraction of sp³-hybridized carbons (Fsp3) is 0.200. The number of hydrogen-bond acceptors (Lipinski definition) is 4. The Morgan fingerprint density at radius 1 is 1.41 bits per heavy atom. The molecular formula is C10H6F3NO3. The number of hydrogen-bond donors (Lipinski definition) is 0. The molecule has 0 aliphatic rings. The number of para-hydroxylation sites is 1. The molecule has 1 heterocycles. The maximum Gasteiger partial charge on any atom is 0.437 e. The van der Waals surface area contributed by atoms with E-state index in [2.05, 4.69) is 14.4 Å². The molecular weight excluding hydrogens is 239 g/mol. The molecule has 0 atom stereocenters. The van der Waals surface area contributed by atoms with E-state index in [-0.39, 0.29) is 16.5 Å². The number of ether oxygens (including phenoxy) is 1. The quantitative estimate of drug-likeness (QED) is 0.724. The van der Waals surface area contributed by atoms with Gasteiger partial charge in [0.05, 0.1) is 12.5 Å². The van der Waals surface area contributed by atoms with Crippen molar-refractivity contribution in [3.63, 3.8) is 0 Å². The molecule has 0 fully saturated rings. The fourth-order valence-electron chi connectivity index (χ4n) is 1.44. The smallest absolute Gasteiger partial charge is 0.437 e. The minimum Gasteiger partial charge on any atom is -0.465 e. The second-order valence-corrected chi connectivity index (χ2v) is 3.20. The summed E-state index contributed by atoms with van der Waals surface area (Å²) in [4.78, 5) is 11.3. The lowest BCUT2D eigenvalue weighted by molar-refractivity contribution is -0.141. The van der Waals surface area contributed by atoms with Crippen molar-refractivity contribution in [2.24, 2.45) is 0 Å². The number of alkyl halides is 3. The number of rotatable bonds is 1. The van der Waals surface area contributed by atoms with Gasteiger partial charge in [-0.1, -0.05) is 11.2 Å². The van der Waals surface area contributed by atoms with Crippen LogP contribution in [0.2, 0.25) is 0 Å². The number of esters is 1. The number of aromatic nitrogens is 1. The van der Waals surface area contributed by atoms with E-state index < -0.39 is 17.8 Å². The van der Waals surface area contributed by atoms with Crippen LogP contribution in [0.5, 0.6) is 0 Å². The largest absolute Gasteiger partial charge is 0.465 e. The zero-order valence-electron chi connectivity index (χ0n) is 8.54. The van der Waals surface area contributed by atoms with Crippen molar-refractivity contribution in [3.8, 4) is 0 Å². The number of carbonyl (C=O) groups is 1. The number of halogens is 3. The normalized spacial score (nSPS) is 11.8. The highest BCUT2D eigenvalue weighted by molar-refractivity contribution is 6.02. The SMILES string of the molecule is COC(=O)c1cccc2c(C(F)(F)F)noc12. The number of nitrogens with zero attached hydrogens (tertiary/aromatic N) is 1. The van der Waals surface area contributed by atoms with Crippen LogP contribution in [0.25, 0.3) is 11.0 Å². The predicted octanol–water partition coefficient (Wildman–Crippen LogP) is 2.63. The molecule has 0 N–H and O–H groups in total. The van der Waals surface area contributed by atoms with Crippen molar-refractivity contribution in [1.29, 1.82) is 0 Å². The van der Waals surface area contributed by atoms with Crippen molar-refractivity contribution in [2.45, 2.75) is 6.18 Å². The summed E-state index contributed by atoms with van der Waals surface area (Å²) in [5.41, 5.74) is -1.47. The molecule has 0 aliphatic carbocycles. The lowest BCUT2D eigenvalue weighted by Crippen LogP contribution is -2.06. The standard InChI is InChI=1S/C10H6F3NO3/c1-16-9(15)6-4-2-3-5-7(6)17-14-8(5)10(11,12)13/h2-4H,1H3. The van der Waals surface area contributed by atoms with E-state index in [9.17, 15) is 18.0 Å². The van der Waals surface area contributed by atoms with Crippen molar-refractivity contribution in [1.82, 2.24) is 5.16 Å². The van der Waals surface area contributed by atoms with Gasteiger partial charge in [0.15, 0.2) is 11.3 Å². The minimum absolute atomic E-state index is 0.0898. The summed E-state index contributed by atoms with van der Waals surface area (Å²) in [5, 5.41) is 2.67. The van der Waals surface area contributed by atoms with Gasteiger partial charge < -0.3 is 9.26 Å². The molecule has 0 unspecified atom stereocenters. The van der Waals surface area contributed by atoms with Crippen LogP contribution >= 0.6 is 0 Å². The third-order valence-electron chi connectivity index (χ3n) is 2.17. The van der Waals surface area contributed by atoms with Crippen LogP contribution in [0.4, 0.5) is 13.2 Å². The molecule has 1 aromatic carbocycles. The Morgan fingerprint density at radius 3 is 2.71 bits per heavy atom. The summed E-state index contributed by atoms with van der Waals surface area (Å²) in [6.07, 6.45) is -4.63. The van der Waals surface area contributed by atoms with E-state index in [4.69, 9.17) is 0 Å². The minimum atomic E-state index is -4.63. The Morgan fingerprint density at radius 2 is 2.12 bits per heavy atom. The Bertz CT molecular complexity index is 574. The number of carbonyl (C=O) groups excluding carboxylic acids is 1. The number of methoxy groups -OCH3 is 1. The van der Waals surface area contributed by atoms with E-state index in [1.165, 1.54) is 18.2 Å². The van der Waals surface area contributed by atoms with Gasteiger partial charge in [-0.05, 0) is 12.1 Å². The molecule has 0 saturated heterocycles. The van der Waals surface area contributed by atoms with Gasteiger partial charge in [-0.25, -0.2) is 4.79 Å². The Kier molecular flexibility index (Phi) is 2.53. The summed E-state index contributed by atoms with van der Waals surface area (Å²) in [5.74, 6) is -0.777. The molecule has 0 spiro atoms. The van der Waals surface area contributed by atoms with Gasteiger partial charge in [0.25, 0.3) is 0 Å². The summed E-state index contributed by atoms with van der Waals surface area (Å²) in [6, 6.07) is 3.79. The van der Waals surface area contributed by atoms with Gasteiger partial charge >= 0.3 is 12.1 Å². The Hall–Kier alpha value is -2.05. The predicted molar refractivity (Wildman–Crippen MR) is 50.4 cm³/mol. The molecule has 1 aromatic heterocycles. The van der Waals surface area contributed by atoms with Crippen LogP contribution in [-0.2, 0) is 10.9 Å². The maximum absolute atomic E-state index is 12.5. The molecule has 2 rings (SSSR count). The first-order valence-electron chi connectivity index (χ1n) is 4.49.